The maximum absolute atomic E-state index is 12.8. The zero-order valence-corrected chi connectivity index (χ0v) is 12.6. The van der Waals surface area contributed by atoms with Crippen LogP contribution >= 0.6 is 0 Å². The van der Waals surface area contributed by atoms with Gasteiger partial charge in [-0.05, 0) is 12.8 Å². The molecule has 120 valence electrons. The molecule has 1 saturated heterocycles. The Morgan fingerprint density at radius 3 is 1.64 bits per heavy atom. The predicted octanol–water partition coefficient (Wildman–Crippen LogP) is 0.683. The zero-order chi connectivity index (χ0) is 16.1. The Kier molecular flexibility index (Phi) is 3.41. The highest BCUT2D eigenvalue weighted by Gasteiger charge is 2.64. The van der Waals surface area contributed by atoms with Crippen molar-refractivity contribution < 1.29 is 29.3 Å². The van der Waals surface area contributed by atoms with Crippen LogP contribution in [0, 0.1) is 17.3 Å². The van der Waals surface area contributed by atoms with Crippen LogP contribution in [0.1, 0.15) is 26.7 Å². The van der Waals surface area contributed by atoms with Crippen molar-refractivity contribution in [3.05, 3.63) is 24.3 Å². The van der Waals surface area contributed by atoms with Gasteiger partial charge in [-0.2, -0.15) is 0 Å². The number of cyclic esters (lactones) is 2. The number of allylic oxidation sites excluding steroid dienone is 2. The van der Waals surface area contributed by atoms with Gasteiger partial charge in [0, 0.05) is 25.7 Å². The van der Waals surface area contributed by atoms with Crippen molar-refractivity contribution in [1.82, 2.24) is 0 Å². The topological polar surface area (TPSA) is 93.1 Å². The van der Waals surface area contributed by atoms with Crippen LogP contribution in [-0.2, 0) is 19.1 Å². The van der Waals surface area contributed by atoms with Gasteiger partial charge in [0.15, 0.2) is 5.41 Å². The molecule has 1 fully saturated rings. The molecule has 0 aromatic rings. The van der Waals surface area contributed by atoms with E-state index in [0.29, 0.717) is 0 Å². The van der Waals surface area contributed by atoms with Gasteiger partial charge < -0.3 is 19.7 Å². The Bertz CT molecular complexity index is 513. The molecule has 0 spiro atoms. The van der Waals surface area contributed by atoms with Gasteiger partial charge in [0.25, 0.3) is 5.79 Å². The van der Waals surface area contributed by atoms with Gasteiger partial charge >= 0.3 is 11.9 Å². The SMILES string of the molecule is CC1(C)OC(=O)C([C@H]2C=C[C@@H](O)C2)([C@H]2C=C[C@@H](O)C2)C(=O)O1. The van der Waals surface area contributed by atoms with Crippen LogP contribution in [-0.4, -0.2) is 40.1 Å². The average Bonchev–Trinajstić information content (AvgIpc) is 2.98. The molecular weight excluding hydrogens is 288 g/mol. The van der Waals surface area contributed by atoms with E-state index in [9.17, 15) is 19.8 Å². The molecule has 0 unspecified atom stereocenters. The second-order valence-electron chi connectivity index (χ2n) is 6.64. The first-order valence-electron chi connectivity index (χ1n) is 7.45. The Hall–Kier alpha value is -1.66. The lowest BCUT2D eigenvalue weighted by molar-refractivity contribution is -0.258. The quantitative estimate of drug-likeness (QED) is 0.443. The van der Waals surface area contributed by atoms with Gasteiger partial charge in [-0.15, -0.1) is 0 Å². The number of rotatable bonds is 2. The number of carbonyl (C=O) groups excluding carboxylic acids is 2. The minimum atomic E-state index is -1.54. The molecule has 0 saturated carbocycles. The lowest BCUT2D eigenvalue weighted by Gasteiger charge is -2.45. The standard InChI is InChI=1S/C16H20O6/c1-15(2)21-13(19)16(14(20)22-15,9-3-5-11(17)7-9)10-4-6-12(18)8-10/h3-6,9-12,17-18H,7-8H2,1-2H3/t9-,10-,11+,12+/m0/s1. The Morgan fingerprint density at radius 2 is 1.32 bits per heavy atom. The maximum Gasteiger partial charge on any atom is 0.327 e. The molecule has 1 aliphatic heterocycles. The summed E-state index contributed by atoms with van der Waals surface area (Å²) in [6.45, 7) is 3.01. The third-order valence-corrected chi connectivity index (χ3v) is 4.64. The molecule has 1 heterocycles. The summed E-state index contributed by atoms with van der Waals surface area (Å²) in [6.07, 6.45) is 5.59. The lowest BCUT2D eigenvalue weighted by Crippen LogP contribution is -2.59. The Labute approximate surface area is 128 Å². The third kappa shape index (κ3) is 2.18. The molecule has 0 radical (unpaired) electrons. The van der Waals surface area contributed by atoms with Crippen LogP contribution in [0.5, 0.6) is 0 Å². The first-order chi connectivity index (χ1) is 10.3. The van der Waals surface area contributed by atoms with Crippen molar-refractivity contribution in [3.63, 3.8) is 0 Å². The number of carbonyl (C=O) groups is 2. The number of aliphatic hydroxyl groups excluding tert-OH is 2. The summed E-state index contributed by atoms with van der Waals surface area (Å²) in [5, 5.41) is 19.5. The lowest BCUT2D eigenvalue weighted by atomic mass is 9.65. The van der Waals surface area contributed by atoms with E-state index < -0.39 is 47.2 Å². The summed E-state index contributed by atoms with van der Waals surface area (Å²) in [6, 6.07) is 0. The Balaban J connectivity index is 2.04. The number of esters is 2. The summed E-state index contributed by atoms with van der Waals surface area (Å²) >= 11 is 0. The van der Waals surface area contributed by atoms with Gasteiger partial charge in [-0.3, -0.25) is 9.59 Å². The first-order valence-corrected chi connectivity index (χ1v) is 7.45. The van der Waals surface area contributed by atoms with Crippen LogP contribution in [0.15, 0.2) is 24.3 Å². The summed E-state index contributed by atoms with van der Waals surface area (Å²) < 4.78 is 10.7. The monoisotopic (exact) mass is 308 g/mol. The molecule has 2 N–H and O–H groups in total. The van der Waals surface area contributed by atoms with E-state index in [0.717, 1.165) is 0 Å². The van der Waals surface area contributed by atoms with Crippen molar-refractivity contribution in [3.8, 4) is 0 Å². The van der Waals surface area contributed by atoms with E-state index in [1.807, 2.05) is 0 Å². The van der Waals surface area contributed by atoms with Crippen molar-refractivity contribution in [2.45, 2.75) is 44.7 Å². The summed E-state index contributed by atoms with van der Waals surface area (Å²) in [4.78, 5) is 25.6. The van der Waals surface area contributed by atoms with E-state index in [1.54, 1.807) is 24.3 Å². The smallest absolute Gasteiger partial charge is 0.327 e. The van der Waals surface area contributed by atoms with Crippen LogP contribution < -0.4 is 0 Å². The highest BCUT2D eigenvalue weighted by atomic mass is 16.7. The van der Waals surface area contributed by atoms with E-state index in [2.05, 4.69) is 0 Å². The molecule has 2 aliphatic carbocycles. The fourth-order valence-corrected chi connectivity index (χ4v) is 3.63. The summed E-state index contributed by atoms with van der Waals surface area (Å²) in [5.41, 5.74) is -1.54. The second kappa shape index (κ2) is 4.93. The fourth-order valence-electron chi connectivity index (χ4n) is 3.63. The van der Waals surface area contributed by atoms with E-state index in [4.69, 9.17) is 9.47 Å². The molecule has 6 nitrogen and oxygen atoms in total. The first kappa shape index (κ1) is 15.2. The zero-order valence-electron chi connectivity index (χ0n) is 12.6. The minimum Gasteiger partial charge on any atom is -0.422 e. The van der Waals surface area contributed by atoms with Gasteiger partial charge in [-0.1, -0.05) is 24.3 Å². The van der Waals surface area contributed by atoms with Crippen molar-refractivity contribution in [2.24, 2.45) is 17.3 Å². The fraction of sp³-hybridized carbons (Fsp3) is 0.625. The molecule has 6 heteroatoms. The number of hydrogen-bond acceptors (Lipinski definition) is 6. The third-order valence-electron chi connectivity index (χ3n) is 4.64. The molecule has 4 atom stereocenters. The molecular formula is C16H20O6. The summed E-state index contributed by atoms with van der Waals surface area (Å²) in [5.74, 6) is -3.64. The Morgan fingerprint density at radius 1 is 0.909 bits per heavy atom. The number of ether oxygens (including phenoxy) is 2. The van der Waals surface area contributed by atoms with Crippen LogP contribution in [0.25, 0.3) is 0 Å². The molecule has 22 heavy (non-hydrogen) atoms. The van der Waals surface area contributed by atoms with Gasteiger partial charge in [0.05, 0.1) is 12.2 Å². The molecule has 3 rings (SSSR count). The molecule has 0 aromatic heterocycles. The molecule has 0 amide bonds. The largest absolute Gasteiger partial charge is 0.422 e. The number of aliphatic hydroxyl groups is 2. The van der Waals surface area contributed by atoms with Gasteiger partial charge in [-0.25, -0.2) is 0 Å². The normalized spacial score (nSPS) is 38.9. The second-order valence-corrected chi connectivity index (χ2v) is 6.64. The van der Waals surface area contributed by atoms with Gasteiger partial charge in [0.2, 0.25) is 0 Å². The summed E-state index contributed by atoms with van der Waals surface area (Å²) in [7, 11) is 0. The van der Waals surface area contributed by atoms with Crippen LogP contribution in [0.2, 0.25) is 0 Å². The van der Waals surface area contributed by atoms with E-state index >= 15 is 0 Å². The van der Waals surface area contributed by atoms with E-state index in [-0.39, 0.29) is 12.8 Å². The molecule has 0 aromatic carbocycles. The van der Waals surface area contributed by atoms with E-state index in [1.165, 1.54) is 13.8 Å². The average molecular weight is 308 g/mol. The number of hydrogen-bond donors (Lipinski definition) is 2. The predicted molar refractivity (Wildman–Crippen MR) is 75.2 cm³/mol. The highest BCUT2D eigenvalue weighted by molar-refractivity contribution is 6.03. The van der Waals surface area contributed by atoms with Crippen LogP contribution in [0.3, 0.4) is 0 Å². The molecule has 3 aliphatic rings. The highest BCUT2D eigenvalue weighted by Crippen LogP contribution is 2.51. The molecule has 0 bridgehead atoms. The van der Waals surface area contributed by atoms with Crippen LogP contribution in [0.4, 0.5) is 0 Å². The van der Waals surface area contributed by atoms with Gasteiger partial charge in [0.1, 0.15) is 0 Å². The van der Waals surface area contributed by atoms with Crippen molar-refractivity contribution in [2.75, 3.05) is 0 Å². The van der Waals surface area contributed by atoms with Crippen molar-refractivity contribution in [1.29, 1.82) is 0 Å². The van der Waals surface area contributed by atoms with Crippen molar-refractivity contribution >= 4 is 11.9 Å². The maximum atomic E-state index is 12.8. The minimum absolute atomic E-state index is 0.255.